The molecule has 15 heavy (non-hydrogen) atoms. The Bertz CT molecular complexity index is 438. The zero-order valence-electron chi connectivity index (χ0n) is 8.44. The van der Waals surface area contributed by atoms with Crippen LogP contribution < -0.4 is 10.1 Å². The van der Waals surface area contributed by atoms with Crippen molar-refractivity contribution in [3.05, 3.63) is 16.8 Å². The number of nitrogens with one attached hydrogen (secondary N) is 2. The Morgan fingerprint density at radius 1 is 1.53 bits per heavy atom. The highest BCUT2D eigenvalue weighted by Crippen LogP contribution is 2.23. The van der Waals surface area contributed by atoms with E-state index in [9.17, 15) is 0 Å². The third kappa shape index (κ3) is 2.51. The molecule has 0 aliphatic heterocycles. The molecular formula is C8H11N5OS. The fraction of sp³-hybridized carbons (Fsp3) is 0.375. The first-order valence-corrected chi connectivity index (χ1v) is 5.26. The van der Waals surface area contributed by atoms with Crippen LogP contribution in [0.15, 0.2) is 6.07 Å². The van der Waals surface area contributed by atoms with Gasteiger partial charge in [0, 0.05) is 18.3 Å². The van der Waals surface area contributed by atoms with E-state index in [0.717, 1.165) is 10.7 Å². The molecule has 80 valence electrons. The zero-order valence-corrected chi connectivity index (χ0v) is 9.26. The summed E-state index contributed by atoms with van der Waals surface area (Å²) in [6.07, 6.45) is 0. The van der Waals surface area contributed by atoms with Gasteiger partial charge in [-0.1, -0.05) is 16.4 Å². The van der Waals surface area contributed by atoms with Gasteiger partial charge >= 0.3 is 5.19 Å². The quantitative estimate of drug-likeness (QED) is 0.814. The molecule has 0 amide bonds. The standard InChI is InChI=1S/C8H11N5OS/c1-5-3-6(11-10-5)14-8-13-12-7(15-8)4-9-2/h3,9H,4H2,1-2H3,(H,10,11). The summed E-state index contributed by atoms with van der Waals surface area (Å²) in [5.41, 5.74) is 0.949. The van der Waals surface area contributed by atoms with Gasteiger partial charge in [-0.25, -0.2) is 0 Å². The highest BCUT2D eigenvalue weighted by molar-refractivity contribution is 7.13. The van der Waals surface area contributed by atoms with Crippen molar-refractivity contribution in [1.82, 2.24) is 25.7 Å². The fourth-order valence-corrected chi connectivity index (χ4v) is 1.75. The lowest BCUT2D eigenvalue weighted by molar-refractivity contribution is 0.453. The molecule has 0 aliphatic rings. The number of rotatable bonds is 4. The third-order valence-electron chi connectivity index (χ3n) is 1.65. The van der Waals surface area contributed by atoms with E-state index in [1.54, 1.807) is 6.07 Å². The van der Waals surface area contributed by atoms with Crippen LogP contribution in [0, 0.1) is 6.92 Å². The molecule has 0 spiro atoms. The van der Waals surface area contributed by atoms with Crippen LogP contribution in [0.3, 0.4) is 0 Å². The van der Waals surface area contributed by atoms with Gasteiger partial charge in [0.1, 0.15) is 5.01 Å². The normalized spacial score (nSPS) is 10.5. The Morgan fingerprint density at radius 3 is 3.07 bits per heavy atom. The lowest BCUT2D eigenvalue weighted by atomic mass is 10.5. The van der Waals surface area contributed by atoms with Crippen LogP contribution in [0.25, 0.3) is 0 Å². The van der Waals surface area contributed by atoms with Crippen molar-refractivity contribution in [2.24, 2.45) is 0 Å². The maximum atomic E-state index is 5.40. The molecule has 0 bridgehead atoms. The van der Waals surface area contributed by atoms with Crippen LogP contribution in [0.1, 0.15) is 10.7 Å². The summed E-state index contributed by atoms with van der Waals surface area (Å²) in [4.78, 5) is 0. The van der Waals surface area contributed by atoms with Crippen LogP contribution in [-0.4, -0.2) is 27.4 Å². The van der Waals surface area contributed by atoms with Crippen molar-refractivity contribution in [3.8, 4) is 11.1 Å². The largest absolute Gasteiger partial charge is 0.409 e. The minimum absolute atomic E-state index is 0.506. The predicted octanol–water partition coefficient (Wildman–Crippen LogP) is 1.08. The monoisotopic (exact) mass is 225 g/mol. The van der Waals surface area contributed by atoms with Gasteiger partial charge in [-0.2, -0.15) is 0 Å². The molecular weight excluding hydrogens is 214 g/mol. The third-order valence-corrected chi connectivity index (χ3v) is 2.45. The summed E-state index contributed by atoms with van der Waals surface area (Å²) in [6, 6.07) is 1.80. The highest BCUT2D eigenvalue weighted by Gasteiger charge is 2.07. The SMILES string of the molecule is CNCc1nnc(Oc2cc(C)[nH]n2)s1. The van der Waals surface area contributed by atoms with Crippen molar-refractivity contribution in [1.29, 1.82) is 0 Å². The number of aromatic amines is 1. The molecule has 0 aromatic carbocycles. The summed E-state index contributed by atoms with van der Waals surface area (Å²) in [7, 11) is 1.86. The number of aromatic nitrogens is 4. The van der Waals surface area contributed by atoms with E-state index in [4.69, 9.17) is 4.74 Å². The molecule has 0 unspecified atom stereocenters. The van der Waals surface area contributed by atoms with Gasteiger partial charge < -0.3 is 10.1 Å². The van der Waals surface area contributed by atoms with E-state index in [-0.39, 0.29) is 0 Å². The Labute approximate surface area is 90.7 Å². The van der Waals surface area contributed by atoms with Crippen molar-refractivity contribution in [2.75, 3.05) is 7.05 Å². The minimum atomic E-state index is 0.506. The minimum Gasteiger partial charge on any atom is -0.409 e. The predicted molar refractivity (Wildman–Crippen MR) is 56.1 cm³/mol. The molecule has 2 aromatic rings. The molecule has 2 heterocycles. The Kier molecular flexibility index (Phi) is 2.93. The van der Waals surface area contributed by atoms with Crippen LogP contribution in [0.5, 0.6) is 11.1 Å². The number of nitrogens with zero attached hydrogens (tertiary/aromatic N) is 3. The number of aryl methyl sites for hydroxylation is 1. The maximum absolute atomic E-state index is 5.40. The Balaban J connectivity index is 2.04. The fourth-order valence-electron chi connectivity index (χ4n) is 1.04. The first kappa shape index (κ1) is 10.1. The first-order valence-electron chi connectivity index (χ1n) is 4.45. The topological polar surface area (TPSA) is 75.7 Å². The lowest BCUT2D eigenvalue weighted by Crippen LogP contribution is -2.04. The van der Waals surface area contributed by atoms with Gasteiger partial charge in [0.05, 0.1) is 0 Å². The van der Waals surface area contributed by atoms with Crippen molar-refractivity contribution in [3.63, 3.8) is 0 Å². The molecule has 2 aromatic heterocycles. The summed E-state index contributed by atoms with van der Waals surface area (Å²) in [6.45, 7) is 2.60. The van der Waals surface area contributed by atoms with Gasteiger partial charge in [0.25, 0.3) is 0 Å². The molecule has 0 aliphatic carbocycles. The maximum Gasteiger partial charge on any atom is 0.300 e. The highest BCUT2D eigenvalue weighted by atomic mass is 32.1. The number of hydrogen-bond acceptors (Lipinski definition) is 6. The number of H-pyrrole nitrogens is 1. The summed E-state index contributed by atoms with van der Waals surface area (Å²) in [5, 5.41) is 19.0. The van der Waals surface area contributed by atoms with E-state index < -0.39 is 0 Å². The second kappa shape index (κ2) is 4.37. The van der Waals surface area contributed by atoms with E-state index in [1.807, 2.05) is 14.0 Å². The molecule has 6 nitrogen and oxygen atoms in total. The van der Waals surface area contributed by atoms with Gasteiger partial charge in [0.15, 0.2) is 0 Å². The smallest absolute Gasteiger partial charge is 0.300 e. The van der Waals surface area contributed by atoms with Crippen LogP contribution in [0.4, 0.5) is 0 Å². The van der Waals surface area contributed by atoms with E-state index in [2.05, 4.69) is 25.7 Å². The second-order valence-corrected chi connectivity index (χ2v) is 4.01. The molecule has 0 saturated heterocycles. The molecule has 2 rings (SSSR count). The van der Waals surface area contributed by atoms with E-state index in [0.29, 0.717) is 17.6 Å². The molecule has 0 atom stereocenters. The molecule has 0 saturated carbocycles. The molecule has 2 N–H and O–H groups in total. The van der Waals surface area contributed by atoms with Crippen LogP contribution in [0.2, 0.25) is 0 Å². The summed E-state index contributed by atoms with van der Waals surface area (Å²) < 4.78 is 5.40. The Hall–Kier alpha value is -1.47. The zero-order chi connectivity index (χ0) is 10.7. The second-order valence-electron chi connectivity index (χ2n) is 2.98. The molecule has 0 radical (unpaired) electrons. The average molecular weight is 225 g/mol. The summed E-state index contributed by atoms with van der Waals surface area (Å²) >= 11 is 1.40. The lowest BCUT2D eigenvalue weighted by Gasteiger charge is -1.92. The molecule has 0 fully saturated rings. The van der Waals surface area contributed by atoms with Gasteiger partial charge in [-0.3, -0.25) is 5.10 Å². The van der Waals surface area contributed by atoms with Gasteiger partial charge in [0.2, 0.25) is 5.88 Å². The van der Waals surface area contributed by atoms with Crippen LogP contribution >= 0.6 is 11.3 Å². The van der Waals surface area contributed by atoms with Crippen molar-refractivity contribution >= 4 is 11.3 Å². The van der Waals surface area contributed by atoms with Crippen molar-refractivity contribution < 1.29 is 4.74 Å². The van der Waals surface area contributed by atoms with E-state index in [1.165, 1.54) is 11.3 Å². The number of hydrogen-bond donors (Lipinski definition) is 2. The first-order chi connectivity index (χ1) is 7.28. The summed E-state index contributed by atoms with van der Waals surface area (Å²) in [5.74, 6) is 0.514. The van der Waals surface area contributed by atoms with Crippen LogP contribution in [-0.2, 0) is 6.54 Å². The molecule has 7 heteroatoms. The van der Waals surface area contributed by atoms with Gasteiger partial charge in [-0.05, 0) is 14.0 Å². The average Bonchev–Trinajstić information content (AvgIpc) is 2.78. The Morgan fingerprint density at radius 2 is 2.40 bits per heavy atom. The van der Waals surface area contributed by atoms with Crippen molar-refractivity contribution in [2.45, 2.75) is 13.5 Å². The van der Waals surface area contributed by atoms with Gasteiger partial charge in [-0.15, -0.1) is 10.2 Å². The number of ether oxygens (including phenoxy) is 1. The van der Waals surface area contributed by atoms with E-state index >= 15 is 0 Å².